The van der Waals surface area contributed by atoms with Crippen molar-refractivity contribution in [3.8, 4) is 0 Å². The number of thioether (sulfide) groups is 1. The monoisotopic (exact) mass is 493 g/mol. The molecular weight excluding hydrogens is 463 g/mol. The minimum atomic E-state index is -4.34. The summed E-state index contributed by atoms with van der Waals surface area (Å²) in [5.74, 6) is -0.451. The lowest BCUT2D eigenvalue weighted by Crippen LogP contribution is -2.58. The van der Waals surface area contributed by atoms with Crippen molar-refractivity contribution in [1.29, 1.82) is 0 Å². The summed E-state index contributed by atoms with van der Waals surface area (Å²) in [7, 11) is 1.95. The molecule has 2 heterocycles. The first kappa shape index (κ1) is 24.9. The smallest absolute Gasteiger partial charge is 0.416 e. The molecule has 9 heteroatoms. The average Bonchev–Trinajstić information content (AvgIpc) is 3.09. The zero-order chi connectivity index (χ0) is 24.6. The highest BCUT2D eigenvalue weighted by molar-refractivity contribution is 8.00. The van der Waals surface area contributed by atoms with Gasteiger partial charge in [0.05, 0.1) is 17.7 Å². The predicted octanol–water partition coefficient (Wildman–Crippen LogP) is 5.00. The summed E-state index contributed by atoms with van der Waals surface area (Å²) in [5.41, 5.74) is 2.08. The lowest BCUT2D eigenvalue weighted by Gasteiger charge is -2.46. The van der Waals surface area contributed by atoms with Crippen molar-refractivity contribution in [3.63, 3.8) is 0 Å². The molecule has 34 heavy (non-hydrogen) atoms. The van der Waals surface area contributed by atoms with E-state index in [0.717, 1.165) is 49.1 Å². The third kappa shape index (κ3) is 5.37. The van der Waals surface area contributed by atoms with Gasteiger partial charge in [0, 0.05) is 44.2 Å². The Hall–Kier alpha value is -2.23. The van der Waals surface area contributed by atoms with Gasteiger partial charge in [-0.2, -0.15) is 13.2 Å². The Kier molecular flexibility index (Phi) is 7.17. The van der Waals surface area contributed by atoms with Gasteiger partial charge in [-0.25, -0.2) is 0 Å². The number of rotatable bonds is 6. The molecule has 2 aliphatic rings. The van der Waals surface area contributed by atoms with Crippen molar-refractivity contribution >= 4 is 23.4 Å². The molecule has 1 fully saturated rings. The highest BCUT2D eigenvalue weighted by Gasteiger charge is 2.39. The standard InChI is InChI=1S/C25H30F3N3O2S/c1-16(2)21-15-31(10-9-30(21)14-18-6-4-5-17(11-18)12-23(32)33)24-29(3)20-8-7-19(25(26,27)28)13-22(20)34-24/h4-8,11,13,16,21,24H,9-10,12,14-15H2,1-3H3,(H,32,33). The summed E-state index contributed by atoms with van der Waals surface area (Å²) in [6, 6.07) is 12.0. The van der Waals surface area contributed by atoms with Gasteiger partial charge in [0.1, 0.15) is 5.50 Å². The fraction of sp³-hybridized carbons (Fsp3) is 0.480. The maximum Gasteiger partial charge on any atom is 0.416 e. The zero-order valence-corrected chi connectivity index (χ0v) is 20.4. The van der Waals surface area contributed by atoms with E-state index in [2.05, 4.69) is 28.5 Å². The first-order chi connectivity index (χ1) is 16.0. The highest BCUT2D eigenvalue weighted by Crippen LogP contribution is 2.46. The summed E-state index contributed by atoms with van der Waals surface area (Å²) >= 11 is 1.49. The molecule has 0 aliphatic carbocycles. The first-order valence-corrected chi connectivity index (χ1v) is 12.3. The van der Waals surface area contributed by atoms with Crippen LogP contribution in [0.25, 0.3) is 0 Å². The molecule has 2 unspecified atom stereocenters. The quantitative estimate of drug-likeness (QED) is 0.611. The van der Waals surface area contributed by atoms with Crippen molar-refractivity contribution in [2.24, 2.45) is 5.92 Å². The minimum absolute atomic E-state index is 0.0110. The summed E-state index contributed by atoms with van der Waals surface area (Å²) in [5, 5.41) is 9.09. The summed E-state index contributed by atoms with van der Waals surface area (Å²) in [4.78, 5) is 18.6. The molecule has 2 atom stereocenters. The number of piperazine rings is 1. The van der Waals surface area contributed by atoms with Crippen LogP contribution in [0.15, 0.2) is 47.4 Å². The second-order valence-corrected chi connectivity index (χ2v) is 10.5. The highest BCUT2D eigenvalue weighted by atomic mass is 32.2. The van der Waals surface area contributed by atoms with Gasteiger partial charge in [-0.3, -0.25) is 14.6 Å². The molecule has 1 N–H and O–H groups in total. The van der Waals surface area contributed by atoms with E-state index in [4.69, 9.17) is 5.11 Å². The van der Waals surface area contributed by atoms with Gasteiger partial charge in [-0.15, -0.1) is 0 Å². The number of alkyl halides is 3. The van der Waals surface area contributed by atoms with Gasteiger partial charge in [0.15, 0.2) is 0 Å². The van der Waals surface area contributed by atoms with Crippen LogP contribution in [0.2, 0.25) is 0 Å². The molecule has 4 rings (SSSR count). The van der Waals surface area contributed by atoms with Gasteiger partial charge >= 0.3 is 12.1 Å². The van der Waals surface area contributed by atoms with E-state index in [9.17, 15) is 18.0 Å². The van der Waals surface area contributed by atoms with Gasteiger partial charge in [0.25, 0.3) is 0 Å². The molecule has 0 bridgehead atoms. The predicted molar refractivity (Wildman–Crippen MR) is 128 cm³/mol. The average molecular weight is 494 g/mol. The maximum absolute atomic E-state index is 13.2. The molecule has 2 aromatic carbocycles. The third-order valence-electron chi connectivity index (χ3n) is 6.61. The second kappa shape index (κ2) is 9.79. The van der Waals surface area contributed by atoms with Crippen LogP contribution in [0.5, 0.6) is 0 Å². The SMILES string of the molecule is CC(C)C1CN(C2Sc3cc(C(F)(F)F)ccc3N2C)CCN1Cc1cccc(CC(=O)O)c1. The lowest BCUT2D eigenvalue weighted by molar-refractivity contribution is -0.138. The van der Waals surface area contributed by atoms with Gasteiger partial charge in [-0.1, -0.05) is 49.9 Å². The van der Waals surface area contributed by atoms with E-state index in [1.165, 1.54) is 17.8 Å². The lowest BCUT2D eigenvalue weighted by atomic mass is 9.98. The van der Waals surface area contributed by atoms with Crippen LogP contribution in [0.4, 0.5) is 18.9 Å². The Bertz CT molecular complexity index is 1050. The molecule has 0 amide bonds. The minimum Gasteiger partial charge on any atom is -0.481 e. The second-order valence-electron chi connectivity index (χ2n) is 9.40. The van der Waals surface area contributed by atoms with Gasteiger partial charge in [0.2, 0.25) is 0 Å². The Morgan fingerprint density at radius 2 is 1.88 bits per heavy atom. The first-order valence-electron chi connectivity index (χ1n) is 11.4. The Labute approximate surface area is 202 Å². The molecule has 1 saturated heterocycles. The number of halogens is 3. The maximum atomic E-state index is 13.2. The molecule has 0 saturated carbocycles. The number of hydrogen-bond acceptors (Lipinski definition) is 5. The van der Waals surface area contributed by atoms with Crippen LogP contribution >= 0.6 is 11.8 Å². The van der Waals surface area contributed by atoms with E-state index in [-0.39, 0.29) is 18.0 Å². The van der Waals surface area contributed by atoms with Crippen LogP contribution in [0.1, 0.15) is 30.5 Å². The molecule has 2 aliphatic heterocycles. The zero-order valence-electron chi connectivity index (χ0n) is 19.5. The number of carboxylic acid groups (broad SMARTS) is 1. The Morgan fingerprint density at radius 3 is 2.56 bits per heavy atom. The number of nitrogens with zero attached hydrogens (tertiary/aromatic N) is 3. The molecule has 5 nitrogen and oxygen atoms in total. The number of hydrogen-bond donors (Lipinski definition) is 1. The number of aliphatic carboxylic acids is 1. The van der Waals surface area contributed by atoms with E-state index in [0.29, 0.717) is 10.8 Å². The normalized spacial score (nSPS) is 21.8. The number of carbonyl (C=O) groups is 1. The van der Waals surface area contributed by atoms with Crippen molar-refractivity contribution < 1.29 is 23.1 Å². The van der Waals surface area contributed by atoms with Crippen LogP contribution in [-0.4, -0.2) is 59.1 Å². The van der Waals surface area contributed by atoms with Crippen LogP contribution < -0.4 is 4.90 Å². The Balaban J connectivity index is 1.46. The van der Waals surface area contributed by atoms with Crippen LogP contribution in [0, 0.1) is 5.92 Å². The van der Waals surface area contributed by atoms with E-state index < -0.39 is 17.7 Å². The number of carboxylic acids is 1. The molecule has 0 spiro atoms. The molecule has 2 aromatic rings. The molecule has 0 aromatic heterocycles. The molecular formula is C25H30F3N3O2S. The Morgan fingerprint density at radius 1 is 1.15 bits per heavy atom. The summed E-state index contributed by atoms with van der Waals surface area (Å²) in [6.07, 6.45) is -4.33. The van der Waals surface area contributed by atoms with Crippen LogP contribution in [0.3, 0.4) is 0 Å². The van der Waals surface area contributed by atoms with Crippen LogP contribution in [-0.2, 0) is 23.9 Å². The molecule has 184 valence electrons. The number of anilines is 1. The van der Waals surface area contributed by atoms with Gasteiger partial charge in [-0.05, 0) is 35.2 Å². The summed E-state index contributed by atoms with van der Waals surface area (Å²) in [6.45, 7) is 7.58. The number of benzene rings is 2. The van der Waals surface area contributed by atoms with Crippen molar-refractivity contribution in [2.45, 2.75) is 49.4 Å². The van der Waals surface area contributed by atoms with E-state index >= 15 is 0 Å². The third-order valence-corrected chi connectivity index (χ3v) is 8.02. The molecule has 0 radical (unpaired) electrons. The summed E-state index contributed by atoms with van der Waals surface area (Å²) < 4.78 is 39.6. The fourth-order valence-electron chi connectivity index (χ4n) is 4.85. The van der Waals surface area contributed by atoms with E-state index in [1.54, 1.807) is 6.07 Å². The topological polar surface area (TPSA) is 47.0 Å². The van der Waals surface area contributed by atoms with Crippen molar-refractivity contribution in [3.05, 3.63) is 59.2 Å². The van der Waals surface area contributed by atoms with Gasteiger partial charge < -0.3 is 10.0 Å². The fourth-order valence-corrected chi connectivity index (χ4v) is 6.22. The van der Waals surface area contributed by atoms with Crippen molar-refractivity contribution in [1.82, 2.24) is 9.80 Å². The van der Waals surface area contributed by atoms with Crippen molar-refractivity contribution in [2.75, 3.05) is 31.6 Å². The largest absolute Gasteiger partial charge is 0.481 e. The number of fused-ring (bicyclic) bond motifs is 1. The van der Waals surface area contributed by atoms with E-state index in [1.807, 2.05) is 31.3 Å².